The van der Waals surface area contributed by atoms with Gasteiger partial charge in [-0.2, -0.15) is 4.31 Å². The molecule has 2 aromatic carbocycles. The van der Waals surface area contributed by atoms with E-state index in [4.69, 9.17) is 9.72 Å². The quantitative estimate of drug-likeness (QED) is 0.491. The van der Waals surface area contributed by atoms with Crippen LogP contribution in [0, 0.1) is 12.7 Å². The first kappa shape index (κ1) is 22.3. The minimum Gasteiger partial charge on any atom is -0.379 e. The third-order valence-corrected chi connectivity index (χ3v) is 8.29. The van der Waals surface area contributed by atoms with Crippen LogP contribution in [0.1, 0.15) is 24.5 Å². The largest absolute Gasteiger partial charge is 0.379 e. The molecule has 0 radical (unpaired) electrons. The molecule has 1 aliphatic heterocycles. The minimum absolute atomic E-state index is 0.188. The molecule has 6 nitrogen and oxygen atoms in total. The van der Waals surface area contributed by atoms with Crippen molar-refractivity contribution in [3.8, 4) is 0 Å². The van der Waals surface area contributed by atoms with E-state index in [2.05, 4.69) is 11.5 Å². The second-order valence-corrected chi connectivity index (χ2v) is 10.4. The minimum atomic E-state index is -3.59. The molecule has 4 rings (SSSR count). The van der Waals surface area contributed by atoms with Crippen LogP contribution in [-0.2, 0) is 27.1 Å². The Hall–Kier alpha value is -1.94. The summed E-state index contributed by atoms with van der Waals surface area (Å²) in [7, 11) is -3.59. The first-order chi connectivity index (χ1) is 14.9. The van der Waals surface area contributed by atoms with Crippen LogP contribution in [0.2, 0.25) is 0 Å². The highest BCUT2D eigenvalue weighted by Crippen LogP contribution is 2.30. The van der Waals surface area contributed by atoms with E-state index in [1.165, 1.54) is 16.1 Å². The van der Waals surface area contributed by atoms with E-state index in [0.29, 0.717) is 48.7 Å². The van der Waals surface area contributed by atoms with Gasteiger partial charge >= 0.3 is 0 Å². The number of nitrogens with zero attached hydrogens (tertiary/aromatic N) is 3. The van der Waals surface area contributed by atoms with Crippen LogP contribution in [0.4, 0.5) is 4.39 Å². The van der Waals surface area contributed by atoms with Gasteiger partial charge in [-0.1, -0.05) is 36.9 Å². The van der Waals surface area contributed by atoms with Gasteiger partial charge in [-0.3, -0.25) is 0 Å². The highest BCUT2D eigenvalue weighted by molar-refractivity contribution is 7.98. The molecular formula is C22H26FN3O3S2. The normalized spacial score (nSPS) is 15.6. The third-order valence-electron chi connectivity index (χ3n) is 5.37. The molecule has 0 aliphatic carbocycles. The molecule has 2 heterocycles. The van der Waals surface area contributed by atoms with E-state index in [9.17, 15) is 12.8 Å². The van der Waals surface area contributed by atoms with Crippen molar-refractivity contribution in [2.75, 3.05) is 26.3 Å². The standard InChI is InChI=1S/C22H26FN3O3S2/c1-3-9-26-20-8-7-18(31(27,28)25-10-12-29-13-11-25)14-19(20)24-22(26)30-15-17-6-4-5-16(2)21(17)23/h4-8,14H,3,9-13,15H2,1-2H3. The van der Waals surface area contributed by atoms with Gasteiger partial charge in [0.1, 0.15) is 5.82 Å². The molecule has 31 heavy (non-hydrogen) atoms. The van der Waals surface area contributed by atoms with Crippen molar-refractivity contribution >= 4 is 32.8 Å². The predicted octanol–water partition coefficient (Wildman–Crippen LogP) is 4.21. The summed E-state index contributed by atoms with van der Waals surface area (Å²) in [4.78, 5) is 4.95. The molecule has 1 saturated heterocycles. The lowest BCUT2D eigenvalue weighted by Crippen LogP contribution is -2.40. The Morgan fingerprint density at radius 2 is 1.97 bits per heavy atom. The molecular weight excluding hydrogens is 437 g/mol. The van der Waals surface area contributed by atoms with E-state index >= 15 is 0 Å². The number of morpholine rings is 1. The number of sulfonamides is 1. The summed E-state index contributed by atoms with van der Waals surface area (Å²) in [5.74, 6) is 0.270. The van der Waals surface area contributed by atoms with Crippen molar-refractivity contribution < 1.29 is 17.5 Å². The van der Waals surface area contributed by atoms with Crippen LogP contribution in [0.25, 0.3) is 11.0 Å². The SMILES string of the molecule is CCCn1c(SCc2cccc(C)c2F)nc2cc(S(=O)(=O)N3CCOCC3)ccc21. The van der Waals surface area contributed by atoms with Crippen LogP contribution in [0.3, 0.4) is 0 Å². The van der Waals surface area contributed by atoms with Gasteiger partial charge in [-0.05, 0) is 42.7 Å². The Morgan fingerprint density at radius 1 is 1.19 bits per heavy atom. The van der Waals surface area contributed by atoms with E-state index in [1.807, 2.05) is 12.1 Å². The number of hydrogen-bond acceptors (Lipinski definition) is 5. The lowest BCUT2D eigenvalue weighted by molar-refractivity contribution is 0.0730. The van der Waals surface area contributed by atoms with Crippen molar-refractivity contribution in [2.24, 2.45) is 0 Å². The van der Waals surface area contributed by atoms with Crippen LogP contribution < -0.4 is 0 Å². The molecule has 0 bridgehead atoms. The van der Waals surface area contributed by atoms with Gasteiger partial charge < -0.3 is 9.30 Å². The number of ether oxygens (including phenoxy) is 1. The third kappa shape index (κ3) is 4.50. The fourth-order valence-corrected chi connectivity index (χ4v) is 6.14. The number of rotatable bonds is 7. The van der Waals surface area contributed by atoms with Crippen LogP contribution in [0.15, 0.2) is 46.5 Å². The fraction of sp³-hybridized carbons (Fsp3) is 0.409. The number of aromatic nitrogens is 2. The van der Waals surface area contributed by atoms with E-state index in [1.54, 1.807) is 31.2 Å². The van der Waals surface area contributed by atoms with E-state index in [0.717, 1.165) is 23.6 Å². The highest BCUT2D eigenvalue weighted by Gasteiger charge is 2.27. The van der Waals surface area contributed by atoms with Crippen LogP contribution in [0.5, 0.6) is 0 Å². The highest BCUT2D eigenvalue weighted by atomic mass is 32.2. The first-order valence-corrected chi connectivity index (χ1v) is 12.8. The maximum atomic E-state index is 14.4. The molecule has 1 aromatic heterocycles. The second-order valence-electron chi connectivity index (χ2n) is 7.55. The number of halogens is 1. The lowest BCUT2D eigenvalue weighted by Gasteiger charge is -2.26. The number of fused-ring (bicyclic) bond motifs is 1. The smallest absolute Gasteiger partial charge is 0.243 e. The predicted molar refractivity (Wildman–Crippen MR) is 120 cm³/mol. The van der Waals surface area contributed by atoms with Gasteiger partial charge in [0, 0.05) is 25.4 Å². The van der Waals surface area contributed by atoms with Gasteiger partial charge in [-0.25, -0.2) is 17.8 Å². The van der Waals surface area contributed by atoms with E-state index < -0.39 is 10.0 Å². The number of aryl methyl sites for hydroxylation is 2. The fourth-order valence-electron chi connectivity index (χ4n) is 3.70. The molecule has 0 amide bonds. The van der Waals surface area contributed by atoms with Crippen molar-refractivity contribution in [1.29, 1.82) is 0 Å². The van der Waals surface area contributed by atoms with Crippen molar-refractivity contribution in [3.63, 3.8) is 0 Å². The summed E-state index contributed by atoms with van der Waals surface area (Å²) in [6, 6.07) is 10.5. The molecule has 9 heteroatoms. The molecule has 3 aromatic rings. The van der Waals surface area contributed by atoms with Gasteiger partial charge in [0.2, 0.25) is 10.0 Å². The maximum absolute atomic E-state index is 14.4. The summed E-state index contributed by atoms with van der Waals surface area (Å²) < 4.78 is 49.2. The van der Waals surface area contributed by atoms with Crippen molar-refractivity contribution in [2.45, 2.75) is 42.6 Å². The van der Waals surface area contributed by atoms with Gasteiger partial charge in [0.05, 0.1) is 29.1 Å². The molecule has 0 spiro atoms. The number of imidazole rings is 1. The number of benzene rings is 2. The maximum Gasteiger partial charge on any atom is 0.243 e. The average molecular weight is 464 g/mol. The Morgan fingerprint density at radius 3 is 2.71 bits per heavy atom. The molecule has 0 unspecified atom stereocenters. The Bertz CT molecular complexity index is 1190. The Kier molecular flexibility index (Phi) is 6.66. The zero-order valence-electron chi connectivity index (χ0n) is 17.7. The molecule has 0 saturated carbocycles. The zero-order chi connectivity index (χ0) is 22.0. The van der Waals surface area contributed by atoms with Crippen molar-refractivity contribution in [3.05, 3.63) is 53.3 Å². The van der Waals surface area contributed by atoms with Gasteiger partial charge in [0.25, 0.3) is 0 Å². The lowest BCUT2D eigenvalue weighted by atomic mass is 10.1. The molecule has 0 N–H and O–H groups in total. The first-order valence-electron chi connectivity index (χ1n) is 10.4. The summed E-state index contributed by atoms with van der Waals surface area (Å²) in [5, 5.41) is 0.763. The average Bonchev–Trinajstić information content (AvgIpc) is 3.12. The second kappa shape index (κ2) is 9.28. The van der Waals surface area contributed by atoms with Crippen LogP contribution >= 0.6 is 11.8 Å². The summed E-state index contributed by atoms with van der Waals surface area (Å²) in [6.45, 7) is 6.11. The summed E-state index contributed by atoms with van der Waals surface area (Å²) in [6.07, 6.45) is 0.908. The molecule has 1 aliphatic rings. The molecule has 166 valence electrons. The number of thioether (sulfide) groups is 1. The Balaban J connectivity index is 1.66. The zero-order valence-corrected chi connectivity index (χ0v) is 19.3. The summed E-state index contributed by atoms with van der Waals surface area (Å²) in [5.41, 5.74) is 2.78. The topological polar surface area (TPSA) is 64.4 Å². The van der Waals surface area contributed by atoms with E-state index in [-0.39, 0.29) is 10.7 Å². The summed E-state index contributed by atoms with van der Waals surface area (Å²) >= 11 is 1.47. The van der Waals surface area contributed by atoms with Gasteiger partial charge in [-0.15, -0.1) is 0 Å². The van der Waals surface area contributed by atoms with Crippen LogP contribution in [-0.4, -0.2) is 48.6 Å². The molecule has 0 atom stereocenters. The van der Waals surface area contributed by atoms with Crippen molar-refractivity contribution in [1.82, 2.24) is 13.9 Å². The number of hydrogen-bond donors (Lipinski definition) is 0. The Labute approximate surface area is 186 Å². The monoisotopic (exact) mass is 463 g/mol. The molecule has 1 fully saturated rings. The van der Waals surface area contributed by atoms with Gasteiger partial charge in [0.15, 0.2) is 5.16 Å².